The molecule has 3 rings (SSSR count). The van der Waals surface area contributed by atoms with E-state index in [1.54, 1.807) is 24.5 Å². The summed E-state index contributed by atoms with van der Waals surface area (Å²) in [5.74, 6) is 0.606. The summed E-state index contributed by atoms with van der Waals surface area (Å²) >= 11 is 0. The first-order valence-electron chi connectivity index (χ1n) is 7.69. The fourth-order valence-corrected chi connectivity index (χ4v) is 2.45. The Hall–Kier alpha value is -2.50. The van der Waals surface area contributed by atoms with Crippen LogP contribution in [0.2, 0.25) is 0 Å². The molecule has 3 aromatic rings. The molecular weight excluding hydrogens is 317 g/mol. The number of aromatic amines is 1. The van der Waals surface area contributed by atoms with E-state index < -0.39 is 11.7 Å². The number of ether oxygens (including phenoxy) is 1. The van der Waals surface area contributed by atoms with Crippen molar-refractivity contribution in [2.24, 2.45) is 0 Å². The third-order valence-corrected chi connectivity index (χ3v) is 3.93. The van der Waals surface area contributed by atoms with Crippen molar-refractivity contribution < 1.29 is 17.9 Å². The highest BCUT2D eigenvalue weighted by Crippen LogP contribution is 2.35. The largest absolute Gasteiger partial charge is 0.488 e. The SMILES string of the molecule is CCC(C)Oc1cnccc1-c1cc2cc(C(F)(F)F)ccc2[nH]1. The molecule has 2 aromatic heterocycles. The number of nitrogens with zero attached hydrogens (tertiary/aromatic N) is 1. The third kappa shape index (κ3) is 3.22. The Labute approximate surface area is 137 Å². The zero-order chi connectivity index (χ0) is 17.3. The number of hydrogen-bond acceptors (Lipinski definition) is 2. The van der Waals surface area contributed by atoms with Crippen molar-refractivity contribution in [3.63, 3.8) is 0 Å². The van der Waals surface area contributed by atoms with Gasteiger partial charge < -0.3 is 9.72 Å². The van der Waals surface area contributed by atoms with Crippen LogP contribution in [-0.2, 0) is 6.18 Å². The summed E-state index contributed by atoms with van der Waals surface area (Å²) in [6, 6.07) is 7.14. The van der Waals surface area contributed by atoms with Crippen LogP contribution in [-0.4, -0.2) is 16.1 Å². The minimum Gasteiger partial charge on any atom is -0.488 e. The molecule has 0 saturated carbocycles. The fourth-order valence-electron chi connectivity index (χ4n) is 2.45. The van der Waals surface area contributed by atoms with Gasteiger partial charge in [0.05, 0.1) is 23.6 Å². The van der Waals surface area contributed by atoms with Gasteiger partial charge in [-0.15, -0.1) is 0 Å². The molecule has 0 spiro atoms. The zero-order valence-corrected chi connectivity index (χ0v) is 13.3. The summed E-state index contributed by atoms with van der Waals surface area (Å²) in [7, 11) is 0. The molecule has 0 radical (unpaired) electrons. The second-order valence-corrected chi connectivity index (χ2v) is 5.69. The molecule has 0 aliphatic rings. The highest BCUT2D eigenvalue weighted by Gasteiger charge is 2.30. The number of fused-ring (bicyclic) bond motifs is 1. The molecule has 0 fully saturated rings. The molecular formula is C18H17F3N2O. The van der Waals surface area contributed by atoms with Crippen molar-refractivity contribution in [3.05, 3.63) is 48.3 Å². The van der Waals surface area contributed by atoms with Crippen LogP contribution in [0.3, 0.4) is 0 Å². The molecule has 3 nitrogen and oxygen atoms in total. The molecule has 1 N–H and O–H groups in total. The molecule has 1 unspecified atom stereocenters. The van der Waals surface area contributed by atoms with Crippen LogP contribution in [0.4, 0.5) is 13.2 Å². The van der Waals surface area contributed by atoms with Gasteiger partial charge in [-0.05, 0) is 43.7 Å². The van der Waals surface area contributed by atoms with Gasteiger partial charge in [0.1, 0.15) is 5.75 Å². The lowest BCUT2D eigenvalue weighted by Gasteiger charge is -2.14. The number of nitrogens with one attached hydrogen (secondary N) is 1. The quantitative estimate of drug-likeness (QED) is 0.691. The van der Waals surface area contributed by atoms with Gasteiger partial charge in [-0.25, -0.2) is 0 Å². The molecule has 0 amide bonds. The molecule has 1 aromatic carbocycles. The number of alkyl halides is 3. The van der Waals surface area contributed by atoms with E-state index in [4.69, 9.17) is 4.74 Å². The highest BCUT2D eigenvalue weighted by atomic mass is 19.4. The zero-order valence-electron chi connectivity index (χ0n) is 13.3. The summed E-state index contributed by atoms with van der Waals surface area (Å²) in [5.41, 5.74) is 1.45. The van der Waals surface area contributed by atoms with Crippen molar-refractivity contribution >= 4 is 10.9 Å². The van der Waals surface area contributed by atoms with Crippen LogP contribution in [0.25, 0.3) is 22.2 Å². The first-order valence-corrected chi connectivity index (χ1v) is 7.69. The monoisotopic (exact) mass is 334 g/mol. The predicted molar refractivity (Wildman–Crippen MR) is 86.9 cm³/mol. The van der Waals surface area contributed by atoms with Gasteiger partial charge in [-0.3, -0.25) is 4.98 Å². The molecule has 0 bridgehead atoms. The van der Waals surface area contributed by atoms with E-state index in [1.807, 2.05) is 13.8 Å². The number of pyridine rings is 1. The Morgan fingerprint density at radius 1 is 1.21 bits per heavy atom. The van der Waals surface area contributed by atoms with Crippen LogP contribution in [0.15, 0.2) is 42.7 Å². The van der Waals surface area contributed by atoms with Gasteiger partial charge in [0, 0.05) is 22.7 Å². The minimum absolute atomic E-state index is 0.0224. The van der Waals surface area contributed by atoms with E-state index in [2.05, 4.69) is 9.97 Å². The normalized spacial score (nSPS) is 13.2. The van der Waals surface area contributed by atoms with Crippen LogP contribution in [0, 0.1) is 0 Å². The molecule has 0 aliphatic carbocycles. The van der Waals surface area contributed by atoms with Crippen LogP contribution >= 0.6 is 0 Å². The summed E-state index contributed by atoms with van der Waals surface area (Å²) in [4.78, 5) is 7.22. The van der Waals surface area contributed by atoms with E-state index in [0.29, 0.717) is 22.3 Å². The van der Waals surface area contributed by atoms with Gasteiger partial charge in [0.15, 0.2) is 0 Å². The molecule has 2 heterocycles. The number of aromatic nitrogens is 2. The third-order valence-electron chi connectivity index (χ3n) is 3.93. The first-order chi connectivity index (χ1) is 11.4. The average Bonchev–Trinajstić information content (AvgIpc) is 2.97. The number of hydrogen-bond donors (Lipinski definition) is 1. The smallest absolute Gasteiger partial charge is 0.416 e. The Balaban J connectivity index is 2.04. The first kappa shape index (κ1) is 16.4. The Kier molecular flexibility index (Phi) is 4.22. The van der Waals surface area contributed by atoms with Crippen molar-refractivity contribution in [2.45, 2.75) is 32.5 Å². The number of halogens is 3. The van der Waals surface area contributed by atoms with E-state index in [9.17, 15) is 13.2 Å². The maximum absolute atomic E-state index is 12.9. The highest BCUT2D eigenvalue weighted by molar-refractivity contribution is 5.87. The van der Waals surface area contributed by atoms with Crippen LogP contribution in [0.5, 0.6) is 5.75 Å². The maximum atomic E-state index is 12.9. The van der Waals surface area contributed by atoms with Gasteiger partial charge in [-0.2, -0.15) is 13.2 Å². The van der Waals surface area contributed by atoms with Gasteiger partial charge in [0.2, 0.25) is 0 Å². The van der Waals surface area contributed by atoms with E-state index in [-0.39, 0.29) is 6.10 Å². The Morgan fingerprint density at radius 3 is 2.71 bits per heavy atom. The van der Waals surface area contributed by atoms with E-state index >= 15 is 0 Å². The molecule has 0 saturated heterocycles. The van der Waals surface area contributed by atoms with E-state index in [0.717, 1.165) is 24.1 Å². The number of benzene rings is 1. The van der Waals surface area contributed by atoms with Gasteiger partial charge >= 0.3 is 6.18 Å². The topological polar surface area (TPSA) is 37.9 Å². The summed E-state index contributed by atoms with van der Waals surface area (Å²) < 4.78 is 44.4. The molecule has 1 atom stereocenters. The maximum Gasteiger partial charge on any atom is 0.416 e. The van der Waals surface area contributed by atoms with Crippen molar-refractivity contribution in [1.82, 2.24) is 9.97 Å². The minimum atomic E-state index is -4.35. The fraction of sp³-hybridized carbons (Fsp3) is 0.278. The van der Waals surface area contributed by atoms with Crippen LogP contribution < -0.4 is 4.74 Å². The van der Waals surface area contributed by atoms with Gasteiger partial charge in [-0.1, -0.05) is 6.92 Å². The standard InChI is InChI=1S/C18H17F3N2O/c1-3-11(2)24-17-10-22-7-6-14(17)16-9-12-8-13(18(19,20)21)4-5-15(12)23-16/h4-11,23H,3H2,1-2H3. The lowest BCUT2D eigenvalue weighted by atomic mass is 10.1. The molecule has 6 heteroatoms. The van der Waals surface area contributed by atoms with Gasteiger partial charge in [0.25, 0.3) is 0 Å². The van der Waals surface area contributed by atoms with Crippen molar-refractivity contribution in [1.29, 1.82) is 0 Å². The van der Waals surface area contributed by atoms with Crippen molar-refractivity contribution in [3.8, 4) is 17.0 Å². The van der Waals surface area contributed by atoms with E-state index in [1.165, 1.54) is 6.07 Å². The molecule has 24 heavy (non-hydrogen) atoms. The number of rotatable bonds is 4. The molecule has 126 valence electrons. The second kappa shape index (κ2) is 6.19. The lowest BCUT2D eigenvalue weighted by Crippen LogP contribution is -2.10. The average molecular weight is 334 g/mol. The Morgan fingerprint density at radius 2 is 2.00 bits per heavy atom. The Bertz CT molecular complexity index is 855. The van der Waals surface area contributed by atoms with Crippen molar-refractivity contribution in [2.75, 3.05) is 0 Å². The number of H-pyrrole nitrogens is 1. The second-order valence-electron chi connectivity index (χ2n) is 5.69. The summed E-state index contributed by atoms with van der Waals surface area (Å²) in [6.07, 6.45) is -0.239. The summed E-state index contributed by atoms with van der Waals surface area (Å²) in [6.45, 7) is 3.97. The lowest BCUT2D eigenvalue weighted by molar-refractivity contribution is -0.137. The molecule has 0 aliphatic heterocycles. The summed E-state index contributed by atoms with van der Waals surface area (Å²) in [5, 5.41) is 0.506. The predicted octanol–water partition coefficient (Wildman–Crippen LogP) is 5.43. The van der Waals surface area contributed by atoms with Crippen LogP contribution in [0.1, 0.15) is 25.8 Å².